The van der Waals surface area contributed by atoms with E-state index >= 15 is 0 Å². The molecule has 3 aliphatic rings. The molecule has 2 fully saturated rings. The second kappa shape index (κ2) is 10.1. The van der Waals surface area contributed by atoms with Crippen molar-refractivity contribution in [3.8, 4) is 0 Å². The summed E-state index contributed by atoms with van der Waals surface area (Å²) in [5, 5.41) is 14.7. The van der Waals surface area contributed by atoms with Gasteiger partial charge in [-0.2, -0.15) is 5.10 Å². The van der Waals surface area contributed by atoms with Gasteiger partial charge in [0.1, 0.15) is 12.2 Å². The van der Waals surface area contributed by atoms with Crippen LogP contribution in [-0.4, -0.2) is 63.8 Å². The van der Waals surface area contributed by atoms with Gasteiger partial charge in [-0.3, -0.25) is 14.3 Å². The molecule has 2 aromatic rings. The standard InChI is InChI=1S/C28H38N4O3/c1-19-6-3-10-24(20(19)2)30-14-16-31(17-15-30)26(34)18-32-25-11-5-9-23(25)27(29-32)28(35)21-7-4-8-22(33)13-12-21/h3,6,10,21-22,33H,4-5,7-9,11-18H2,1-2H3. The number of aryl methyl sites for hydroxylation is 1. The van der Waals surface area contributed by atoms with E-state index < -0.39 is 0 Å². The lowest BCUT2D eigenvalue weighted by molar-refractivity contribution is -0.132. The Hall–Kier alpha value is -2.67. The lowest BCUT2D eigenvalue weighted by atomic mass is 9.92. The molecule has 188 valence electrons. The number of aliphatic hydroxyl groups excluding tert-OH is 1. The molecule has 1 saturated carbocycles. The highest BCUT2D eigenvalue weighted by Gasteiger charge is 2.32. The summed E-state index contributed by atoms with van der Waals surface area (Å²) in [6.07, 6.45) is 6.37. The molecule has 1 N–H and O–H groups in total. The lowest BCUT2D eigenvalue weighted by Gasteiger charge is -2.37. The number of hydrogen-bond donors (Lipinski definition) is 1. The highest BCUT2D eigenvalue weighted by Crippen LogP contribution is 2.31. The zero-order valence-corrected chi connectivity index (χ0v) is 21.1. The summed E-state index contributed by atoms with van der Waals surface area (Å²) in [6.45, 7) is 7.56. The summed E-state index contributed by atoms with van der Waals surface area (Å²) in [7, 11) is 0. The number of amides is 1. The molecule has 1 saturated heterocycles. The van der Waals surface area contributed by atoms with Gasteiger partial charge in [-0.25, -0.2) is 0 Å². The number of benzene rings is 1. The van der Waals surface area contributed by atoms with Gasteiger partial charge in [0, 0.05) is 49.0 Å². The fraction of sp³-hybridized carbons (Fsp3) is 0.607. The quantitative estimate of drug-likeness (QED) is 0.526. The van der Waals surface area contributed by atoms with Gasteiger partial charge in [0.2, 0.25) is 5.91 Å². The molecule has 1 aliphatic heterocycles. The fourth-order valence-corrected chi connectivity index (χ4v) is 6.08. The first-order chi connectivity index (χ1) is 16.9. The molecule has 0 bridgehead atoms. The second-order valence-electron chi connectivity index (χ2n) is 10.6. The van der Waals surface area contributed by atoms with Gasteiger partial charge in [0.05, 0.1) is 6.10 Å². The van der Waals surface area contributed by atoms with E-state index in [1.54, 1.807) is 0 Å². The van der Waals surface area contributed by atoms with Crippen LogP contribution >= 0.6 is 0 Å². The van der Waals surface area contributed by atoms with Crippen LogP contribution in [0.15, 0.2) is 18.2 Å². The third-order valence-corrected chi connectivity index (χ3v) is 8.38. The summed E-state index contributed by atoms with van der Waals surface area (Å²) in [5.41, 5.74) is 6.58. The van der Waals surface area contributed by atoms with E-state index in [2.05, 4.69) is 36.9 Å². The number of ketones is 1. The second-order valence-corrected chi connectivity index (χ2v) is 10.6. The fourth-order valence-electron chi connectivity index (χ4n) is 6.08. The van der Waals surface area contributed by atoms with Gasteiger partial charge in [-0.05, 0) is 76.0 Å². The zero-order chi connectivity index (χ0) is 24.5. The Morgan fingerprint density at radius 3 is 2.60 bits per heavy atom. The number of anilines is 1. The predicted molar refractivity (Wildman–Crippen MR) is 136 cm³/mol. The SMILES string of the molecule is Cc1cccc(N2CCN(C(=O)Cn3nc(C(=O)C4CCCC(O)CC4)c4c3CCC4)CC2)c1C. The third kappa shape index (κ3) is 4.88. The molecule has 0 spiro atoms. The molecular formula is C28H38N4O3. The number of carbonyl (C=O) groups excluding carboxylic acids is 2. The maximum absolute atomic E-state index is 13.4. The van der Waals surface area contributed by atoms with Crippen LogP contribution in [0.25, 0.3) is 0 Å². The molecule has 2 unspecified atom stereocenters. The van der Waals surface area contributed by atoms with E-state index in [0.29, 0.717) is 25.2 Å². The lowest BCUT2D eigenvalue weighted by Crippen LogP contribution is -2.50. The van der Waals surface area contributed by atoms with Crippen molar-refractivity contribution in [2.24, 2.45) is 5.92 Å². The molecule has 5 rings (SSSR count). The van der Waals surface area contributed by atoms with E-state index in [1.807, 2.05) is 9.58 Å². The molecule has 2 heterocycles. The van der Waals surface area contributed by atoms with Crippen LogP contribution in [0.5, 0.6) is 0 Å². The molecule has 1 aromatic heterocycles. The normalized spacial score (nSPS) is 22.7. The van der Waals surface area contributed by atoms with Crippen molar-refractivity contribution in [1.82, 2.24) is 14.7 Å². The smallest absolute Gasteiger partial charge is 0.244 e. The minimum atomic E-state index is -0.288. The van der Waals surface area contributed by atoms with Crippen molar-refractivity contribution in [2.75, 3.05) is 31.1 Å². The van der Waals surface area contributed by atoms with Crippen LogP contribution in [0.3, 0.4) is 0 Å². The first-order valence-electron chi connectivity index (χ1n) is 13.3. The third-order valence-electron chi connectivity index (χ3n) is 8.38. The number of carbonyl (C=O) groups is 2. The first-order valence-corrected chi connectivity index (χ1v) is 13.3. The van der Waals surface area contributed by atoms with Crippen molar-refractivity contribution in [3.05, 3.63) is 46.3 Å². The molecule has 7 nitrogen and oxygen atoms in total. The number of fused-ring (bicyclic) bond motifs is 1. The number of aliphatic hydroxyl groups is 1. The average Bonchev–Trinajstić information content (AvgIpc) is 3.39. The Labute approximate surface area is 208 Å². The molecule has 1 aromatic carbocycles. The molecule has 2 atom stereocenters. The van der Waals surface area contributed by atoms with Crippen molar-refractivity contribution in [2.45, 2.75) is 77.9 Å². The van der Waals surface area contributed by atoms with Crippen LogP contribution in [0.4, 0.5) is 5.69 Å². The maximum atomic E-state index is 13.4. The van der Waals surface area contributed by atoms with Gasteiger partial charge in [-0.15, -0.1) is 0 Å². The first kappa shape index (κ1) is 24.0. The Kier molecular flexibility index (Phi) is 6.96. The number of aromatic nitrogens is 2. The van der Waals surface area contributed by atoms with Crippen molar-refractivity contribution in [3.63, 3.8) is 0 Å². The molecule has 7 heteroatoms. The van der Waals surface area contributed by atoms with Crippen molar-refractivity contribution in [1.29, 1.82) is 0 Å². The van der Waals surface area contributed by atoms with Gasteiger partial charge in [0.15, 0.2) is 5.78 Å². The van der Waals surface area contributed by atoms with E-state index in [9.17, 15) is 14.7 Å². The minimum absolute atomic E-state index is 0.0611. The summed E-state index contributed by atoms with van der Waals surface area (Å²) < 4.78 is 1.82. The van der Waals surface area contributed by atoms with E-state index in [0.717, 1.165) is 69.3 Å². The highest BCUT2D eigenvalue weighted by molar-refractivity contribution is 5.98. The van der Waals surface area contributed by atoms with E-state index in [-0.39, 0.29) is 30.3 Å². The number of nitrogens with zero attached hydrogens (tertiary/aromatic N) is 4. The topological polar surface area (TPSA) is 78.7 Å². The Morgan fingerprint density at radius 2 is 1.80 bits per heavy atom. The van der Waals surface area contributed by atoms with Gasteiger partial charge in [-0.1, -0.05) is 18.6 Å². The molecular weight excluding hydrogens is 440 g/mol. The highest BCUT2D eigenvalue weighted by atomic mass is 16.3. The van der Waals surface area contributed by atoms with Crippen molar-refractivity contribution < 1.29 is 14.7 Å². The van der Waals surface area contributed by atoms with Crippen molar-refractivity contribution >= 4 is 17.4 Å². The number of rotatable bonds is 5. The zero-order valence-electron chi connectivity index (χ0n) is 21.1. The van der Waals surface area contributed by atoms with E-state index in [4.69, 9.17) is 5.10 Å². The molecule has 0 radical (unpaired) electrons. The Morgan fingerprint density at radius 1 is 1.00 bits per heavy atom. The largest absolute Gasteiger partial charge is 0.393 e. The maximum Gasteiger partial charge on any atom is 0.244 e. The summed E-state index contributed by atoms with van der Waals surface area (Å²) >= 11 is 0. The van der Waals surface area contributed by atoms with Crippen LogP contribution < -0.4 is 4.90 Å². The summed E-state index contributed by atoms with van der Waals surface area (Å²) in [4.78, 5) is 30.9. The van der Waals surface area contributed by atoms with Crippen LogP contribution in [0.2, 0.25) is 0 Å². The molecule has 2 aliphatic carbocycles. The average molecular weight is 479 g/mol. The molecule has 35 heavy (non-hydrogen) atoms. The van der Waals surface area contributed by atoms with Crippen LogP contribution in [0.1, 0.15) is 71.4 Å². The monoisotopic (exact) mass is 478 g/mol. The van der Waals surface area contributed by atoms with Gasteiger partial charge in [0.25, 0.3) is 0 Å². The predicted octanol–water partition coefficient (Wildman–Crippen LogP) is 3.46. The Bertz CT molecular complexity index is 1100. The Balaban J connectivity index is 1.25. The van der Waals surface area contributed by atoms with Crippen LogP contribution in [0, 0.1) is 19.8 Å². The van der Waals surface area contributed by atoms with Gasteiger partial charge < -0.3 is 14.9 Å². The summed E-state index contributed by atoms with van der Waals surface area (Å²) in [5.74, 6) is 0.138. The summed E-state index contributed by atoms with van der Waals surface area (Å²) in [6, 6.07) is 6.41. The number of Topliss-reactive ketones (excluding diaryl/α,β-unsaturated/α-hetero) is 1. The molecule has 1 amide bonds. The minimum Gasteiger partial charge on any atom is -0.393 e. The number of hydrogen-bond acceptors (Lipinski definition) is 5. The van der Waals surface area contributed by atoms with Crippen LogP contribution in [-0.2, 0) is 24.2 Å². The van der Waals surface area contributed by atoms with E-state index in [1.165, 1.54) is 16.8 Å². The van der Waals surface area contributed by atoms with Gasteiger partial charge >= 0.3 is 0 Å². The number of piperazine rings is 1.